The van der Waals surface area contributed by atoms with Crippen molar-refractivity contribution < 1.29 is 9.53 Å². The van der Waals surface area contributed by atoms with Gasteiger partial charge in [0.2, 0.25) is 5.95 Å². The van der Waals surface area contributed by atoms with Gasteiger partial charge in [0, 0.05) is 18.3 Å². The lowest BCUT2D eigenvalue weighted by Gasteiger charge is -2.21. The van der Waals surface area contributed by atoms with E-state index in [-0.39, 0.29) is 18.2 Å². The molecule has 2 aromatic rings. The van der Waals surface area contributed by atoms with Gasteiger partial charge in [-0.05, 0) is 52.2 Å². The van der Waals surface area contributed by atoms with Crippen LogP contribution in [-0.4, -0.2) is 38.4 Å². The Morgan fingerprint density at radius 3 is 2.83 bits per heavy atom. The highest BCUT2D eigenvalue weighted by Crippen LogP contribution is 2.22. The third kappa shape index (κ3) is 4.12. The van der Waals surface area contributed by atoms with Gasteiger partial charge in [0.05, 0.1) is 0 Å². The minimum Gasteiger partial charge on any atom is -0.444 e. The molecular formula is C16H23N5O2. The highest BCUT2D eigenvalue weighted by atomic mass is 16.6. The number of alkyl carbamates (subject to hydrolysis) is 1. The standard InChI is InChI=1S/C16H23N5O2/c1-16(2,3)23-15(22)18-12-8-7-11(10-12)17-14-19-13-6-4-5-9-21(13)20-14/h4-6,9,11-12H,7-8,10H2,1-3H3,(H,17,20)(H,18,22)/t11-,12-/m0/s1. The summed E-state index contributed by atoms with van der Waals surface area (Å²) < 4.78 is 7.04. The number of rotatable bonds is 3. The van der Waals surface area contributed by atoms with Crippen LogP contribution in [0.1, 0.15) is 40.0 Å². The molecule has 0 radical (unpaired) electrons. The maximum atomic E-state index is 11.8. The number of ether oxygens (including phenoxy) is 1. The number of anilines is 1. The van der Waals surface area contributed by atoms with Crippen molar-refractivity contribution in [2.45, 2.75) is 57.7 Å². The lowest BCUT2D eigenvalue weighted by Crippen LogP contribution is -2.38. The number of nitrogens with one attached hydrogen (secondary N) is 2. The molecule has 1 aliphatic carbocycles. The van der Waals surface area contributed by atoms with Crippen LogP contribution in [0, 0.1) is 0 Å². The molecule has 0 unspecified atom stereocenters. The van der Waals surface area contributed by atoms with Crippen molar-refractivity contribution in [3.05, 3.63) is 24.4 Å². The van der Waals surface area contributed by atoms with Crippen LogP contribution in [0.25, 0.3) is 5.65 Å². The molecule has 1 amide bonds. The van der Waals surface area contributed by atoms with E-state index in [0.29, 0.717) is 5.95 Å². The number of carbonyl (C=O) groups excluding carboxylic acids is 1. The maximum Gasteiger partial charge on any atom is 0.407 e. The Balaban J connectivity index is 1.52. The van der Waals surface area contributed by atoms with E-state index in [1.165, 1.54) is 0 Å². The number of hydrogen-bond donors (Lipinski definition) is 2. The lowest BCUT2D eigenvalue weighted by atomic mass is 10.2. The van der Waals surface area contributed by atoms with Crippen molar-refractivity contribution in [3.63, 3.8) is 0 Å². The SMILES string of the molecule is CC(C)(C)OC(=O)N[C@H]1CC[C@H](Nc2nc3ccccn3n2)C1. The fourth-order valence-corrected chi connectivity index (χ4v) is 2.79. The molecule has 0 spiro atoms. The van der Waals surface area contributed by atoms with Crippen LogP contribution < -0.4 is 10.6 Å². The van der Waals surface area contributed by atoms with Crippen molar-refractivity contribution in [1.82, 2.24) is 19.9 Å². The summed E-state index contributed by atoms with van der Waals surface area (Å²) in [5.41, 5.74) is 0.345. The van der Waals surface area contributed by atoms with Gasteiger partial charge < -0.3 is 15.4 Å². The molecule has 0 bridgehead atoms. The van der Waals surface area contributed by atoms with Crippen molar-refractivity contribution in [2.24, 2.45) is 0 Å². The number of amides is 1. The van der Waals surface area contributed by atoms with Crippen LogP contribution in [0.15, 0.2) is 24.4 Å². The zero-order valence-electron chi connectivity index (χ0n) is 13.7. The predicted octanol–water partition coefficient (Wildman–Crippen LogP) is 2.59. The van der Waals surface area contributed by atoms with E-state index in [0.717, 1.165) is 24.9 Å². The number of hydrogen-bond acceptors (Lipinski definition) is 5. The van der Waals surface area contributed by atoms with Crippen LogP contribution in [0.2, 0.25) is 0 Å². The first-order valence-electron chi connectivity index (χ1n) is 7.96. The number of fused-ring (bicyclic) bond motifs is 1. The Morgan fingerprint density at radius 2 is 2.09 bits per heavy atom. The molecule has 7 nitrogen and oxygen atoms in total. The van der Waals surface area contributed by atoms with Crippen molar-refractivity contribution in [2.75, 3.05) is 5.32 Å². The Hall–Kier alpha value is -2.31. The first kappa shape index (κ1) is 15.6. The molecule has 0 aliphatic heterocycles. The molecule has 2 aromatic heterocycles. The van der Waals surface area contributed by atoms with E-state index < -0.39 is 5.60 Å². The minimum absolute atomic E-state index is 0.124. The second-order valence-corrected chi connectivity index (χ2v) is 6.94. The second kappa shape index (κ2) is 6.06. The number of carbonyl (C=O) groups is 1. The van der Waals surface area contributed by atoms with Crippen molar-refractivity contribution in [1.29, 1.82) is 0 Å². The van der Waals surface area contributed by atoms with Gasteiger partial charge in [-0.2, -0.15) is 4.98 Å². The fraction of sp³-hybridized carbons (Fsp3) is 0.562. The molecule has 3 rings (SSSR count). The monoisotopic (exact) mass is 317 g/mol. The maximum absolute atomic E-state index is 11.8. The predicted molar refractivity (Wildman–Crippen MR) is 87.4 cm³/mol. The van der Waals surface area contributed by atoms with Gasteiger partial charge in [-0.15, -0.1) is 5.10 Å². The third-order valence-corrected chi connectivity index (χ3v) is 3.73. The van der Waals surface area contributed by atoms with Gasteiger partial charge in [0.25, 0.3) is 0 Å². The van der Waals surface area contributed by atoms with Crippen molar-refractivity contribution >= 4 is 17.7 Å². The summed E-state index contributed by atoms with van der Waals surface area (Å²) in [4.78, 5) is 16.3. The fourth-order valence-electron chi connectivity index (χ4n) is 2.79. The van der Waals surface area contributed by atoms with E-state index in [1.807, 2.05) is 45.2 Å². The highest BCUT2D eigenvalue weighted by Gasteiger charge is 2.28. The molecule has 2 heterocycles. The minimum atomic E-state index is -0.471. The topological polar surface area (TPSA) is 80.5 Å². The molecule has 2 atom stereocenters. The third-order valence-electron chi connectivity index (χ3n) is 3.73. The van der Waals surface area contributed by atoms with Gasteiger partial charge in [0.1, 0.15) is 5.60 Å². The average Bonchev–Trinajstić information content (AvgIpc) is 3.02. The van der Waals surface area contributed by atoms with E-state index in [1.54, 1.807) is 4.52 Å². The summed E-state index contributed by atoms with van der Waals surface area (Å²) in [6.07, 6.45) is 4.25. The summed E-state index contributed by atoms with van der Waals surface area (Å²) in [7, 11) is 0. The van der Waals surface area contributed by atoms with Crippen molar-refractivity contribution in [3.8, 4) is 0 Å². The first-order chi connectivity index (χ1) is 10.9. The van der Waals surface area contributed by atoms with Gasteiger partial charge in [-0.1, -0.05) is 6.07 Å². The van der Waals surface area contributed by atoms with E-state index in [2.05, 4.69) is 20.7 Å². The summed E-state index contributed by atoms with van der Waals surface area (Å²) in [5, 5.41) is 10.7. The molecule has 1 saturated carbocycles. The summed E-state index contributed by atoms with van der Waals surface area (Å²) >= 11 is 0. The Labute approximate surface area is 135 Å². The Morgan fingerprint density at radius 1 is 1.30 bits per heavy atom. The lowest BCUT2D eigenvalue weighted by molar-refractivity contribution is 0.0505. The van der Waals surface area contributed by atoms with E-state index in [9.17, 15) is 4.79 Å². The van der Waals surface area contributed by atoms with E-state index >= 15 is 0 Å². The molecule has 7 heteroatoms. The number of aromatic nitrogens is 3. The molecule has 1 aliphatic rings. The zero-order valence-corrected chi connectivity index (χ0v) is 13.7. The van der Waals surface area contributed by atoms with Crippen LogP contribution in [0.3, 0.4) is 0 Å². The molecule has 23 heavy (non-hydrogen) atoms. The molecule has 124 valence electrons. The van der Waals surface area contributed by atoms with Crippen LogP contribution in [0.4, 0.5) is 10.7 Å². The smallest absolute Gasteiger partial charge is 0.407 e. The Kier molecular flexibility index (Phi) is 4.11. The molecule has 1 fully saturated rings. The number of nitrogens with zero attached hydrogens (tertiary/aromatic N) is 3. The number of pyridine rings is 1. The van der Waals surface area contributed by atoms with E-state index in [4.69, 9.17) is 4.74 Å². The first-order valence-corrected chi connectivity index (χ1v) is 7.96. The van der Waals surface area contributed by atoms with Crippen LogP contribution in [0.5, 0.6) is 0 Å². The molecular weight excluding hydrogens is 294 g/mol. The highest BCUT2D eigenvalue weighted by molar-refractivity contribution is 5.68. The summed E-state index contributed by atoms with van der Waals surface area (Å²) in [5.74, 6) is 0.624. The second-order valence-electron chi connectivity index (χ2n) is 6.94. The largest absolute Gasteiger partial charge is 0.444 e. The van der Waals surface area contributed by atoms with Gasteiger partial charge >= 0.3 is 6.09 Å². The average molecular weight is 317 g/mol. The van der Waals surface area contributed by atoms with Crippen LogP contribution >= 0.6 is 0 Å². The van der Waals surface area contributed by atoms with Gasteiger partial charge in [-0.25, -0.2) is 9.31 Å². The molecule has 0 aromatic carbocycles. The zero-order chi connectivity index (χ0) is 16.4. The van der Waals surface area contributed by atoms with Crippen LogP contribution in [-0.2, 0) is 4.74 Å². The molecule has 2 N–H and O–H groups in total. The summed E-state index contributed by atoms with van der Waals surface area (Å²) in [6, 6.07) is 6.15. The molecule has 0 saturated heterocycles. The van der Waals surface area contributed by atoms with Gasteiger partial charge in [-0.3, -0.25) is 0 Å². The van der Waals surface area contributed by atoms with Gasteiger partial charge in [0.15, 0.2) is 5.65 Å². The normalized spacial score (nSPS) is 21.3. The Bertz CT molecular complexity index is 658. The quantitative estimate of drug-likeness (QED) is 0.909. The summed E-state index contributed by atoms with van der Waals surface area (Å²) in [6.45, 7) is 5.59.